The van der Waals surface area contributed by atoms with E-state index in [1.165, 1.54) is 23.9 Å². The number of halogens is 1. The first-order valence-electron chi connectivity index (χ1n) is 5.37. The maximum atomic E-state index is 12.1. The average Bonchev–Trinajstić information content (AvgIpc) is 2.34. The summed E-state index contributed by atoms with van der Waals surface area (Å²) in [4.78, 5) is 10.6. The molecule has 0 aliphatic rings. The Morgan fingerprint density at radius 2 is 2.21 bits per heavy atom. The van der Waals surface area contributed by atoms with E-state index in [1.54, 1.807) is 18.4 Å². The molecular weight excluding hydrogens is 310 g/mol. The Morgan fingerprint density at radius 1 is 1.53 bits per heavy atom. The highest BCUT2D eigenvalue weighted by atomic mass is 35.5. The van der Waals surface area contributed by atoms with Crippen molar-refractivity contribution >= 4 is 39.4 Å². The molecule has 0 saturated heterocycles. The lowest BCUT2D eigenvalue weighted by Gasteiger charge is -2.15. The maximum absolute atomic E-state index is 12.1. The zero-order valence-electron chi connectivity index (χ0n) is 10.2. The number of nitrogens with one attached hydrogen (secondary N) is 1. The first kappa shape index (κ1) is 16.3. The van der Waals surface area contributed by atoms with Crippen LogP contribution in [0, 0.1) is 0 Å². The van der Waals surface area contributed by atoms with Crippen LogP contribution in [0.25, 0.3) is 0 Å². The van der Waals surface area contributed by atoms with Crippen molar-refractivity contribution in [2.24, 2.45) is 0 Å². The summed E-state index contributed by atoms with van der Waals surface area (Å²) in [5.41, 5.74) is 0. The highest BCUT2D eigenvalue weighted by molar-refractivity contribution is 8.00. The number of sulfonamides is 1. The van der Waals surface area contributed by atoms with E-state index >= 15 is 0 Å². The third kappa shape index (κ3) is 5.40. The Balaban J connectivity index is 2.80. The molecule has 1 atom stereocenters. The predicted molar refractivity (Wildman–Crippen MR) is 75.9 cm³/mol. The molecule has 0 aliphatic carbocycles. The van der Waals surface area contributed by atoms with E-state index in [1.807, 2.05) is 0 Å². The Labute approximate surface area is 121 Å². The van der Waals surface area contributed by atoms with Crippen LogP contribution >= 0.6 is 23.4 Å². The first-order valence-corrected chi connectivity index (χ1v) is 8.52. The van der Waals surface area contributed by atoms with Gasteiger partial charge in [-0.3, -0.25) is 4.79 Å². The number of carboxylic acid groups (broad SMARTS) is 1. The molecule has 0 amide bonds. The molecule has 1 aromatic carbocycles. The van der Waals surface area contributed by atoms with Crippen molar-refractivity contribution < 1.29 is 18.3 Å². The van der Waals surface area contributed by atoms with E-state index in [-0.39, 0.29) is 17.7 Å². The van der Waals surface area contributed by atoms with Gasteiger partial charge in [0, 0.05) is 11.4 Å². The molecule has 1 rings (SSSR count). The Hall–Kier alpha value is -0.760. The van der Waals surface area contributed by atoms with Gasteiger partial charge in [0.15, 0.2) is 0 Å². The molecule has 0 bridgehead atoms. The minimum Gasteiger partial charge on any atom is -0.481 e. The van der Waals surface area contributed by atoms with Gasteiger partial charge in [-0.25, -0.2) is 8.42 Å². The molecule has 19 heavy (non-hydrogen) atoms. The maximum Gasteiger partial charge on any atom is 0.303 e. The zero-order chi connectivity index (χ0) is 14.5. The van der Waals surface area contributed by atoms with Crippen LogP contribution in [-0.4, -0.2) is 31.1 Å². The van der Waals surface area contributed by atoms with Crippen LogP contribution in [0.15, 0.2) is 29.2 Å². The number of carboxylic acids is 1. The fraction of sp³-hybridized carbons (Fsp3) is 0.364. The van der Waals surface area contributed by atoms with Crippen LogP contribution in [-0.2, 0) is 14.8 Å². The standard InChI is InChI=1S/C11H14ClNO4S2/c1-18-10(5-6-11(14)15)13-19(16,17)9-4-2-3-8(12)7-9/h2-4,7,10,13H,5-6H2,1H3,(H,14,15)/t10-/m0/s1. The molecule has 0 radical (unpaired) electrons. The summed E-state index contributed by atoms with van der Waals surface area (Å²) >= 11 is 7.00. The second-order valence-corrected chi connectivity index (χ2v) is 6.93. The van der Waals surface area contributed by atoms with Crippen LogP contribution in [0.4, 0.5) is 0 Å². The van der Waals surface area contributed by atoms with E-state index < -0.39 is 21.4 Å². The van der Waals surface area contributed by atoms with Gasteiger partial charge < -0.3 is 5.11 Å². The van der Waals surface area contributed by atoms with Gasteiger partial charge in [0.05, 0.1) is 10.3 Å². The van der Waals surface area contributed by atoms with E-state index in [0.29, 0.717) is 5.02 Å². The normalized spacial score (nSPS) is 13.2. The van der Waals surface area contributed by atoms with Gasteiger partial charge in [0.2, 0.25) is 10.0 Å². The molecule has 2 N–H and O–H groups in total. The fourth-order valence-corrected chi connectivity index (χ4v) is 3.87. The smallest absolute Gasteiger partial charge is 0.303 e. The third-order valence-electron chi connectivity index (χ3n) is 2.30. The topological polar surface area (TPSA) is 83.5 Å². The molecule has 0 saturated carbocycles. The van der Waals surface area contributed by atoms with E-state index in [9.17, 15) is 13.2 Å². The Bertz CT molecular complexity index is 547. The van der Waals surface area contributed by atoms with Gasteiger partial charge in [-0.15, -0.1) is 11.8 Å². The monoisotopic (exact) mass is 323 g/mol. The molecule has 8 heteroatoms. The van der Waals surface area contributed by atoms with E-state index in [2.05, 4.69) is 4.72 Å². The van der Waals surface area contributed by atoms with E-state index in [0.717, 1.165) is 0 Å². The number of carbonyl (C=O) groups is 1. The van der Waals surface area contributed by atoms with E-state index in [4.69, 9.17) is 16.7 Å². The van der Waals surface area contributed by atoms with Gasteiger partial charge in [-0.05, 0) is 30.9 Å². The molecule has 0 aliphatic heterocycles. The van der Waals surface area contributed by atoms with Crippen LogP contribution in [0.5, 0.6) is 0 Å². The highest BCUT2D eigenvalue weighted by Gasteiger charge is 2.20. The molecule has 106 valence electrons. The highest BCUT2D eigenvalue weighted by Crippen LogP contribution is 2.18. The molecule has 0 spiro atoms. The van der Waals surface area contributed by atoms with Crippen LogP contribution < -0.4 is 4.72 Å². The first-order chi connectivity index (χ1) is 8.85. The van der Waals surface area contributed by atoms with Crippen molar-refractivity contribution in [1.82, 2.24) is 4.72 Å². The number of hydrogen-bond acceptors (Lipinski definition) is 4. The largest absolute Gasteiger partial charge is 0.481 e. The number of aliphatic carboxylic acids is 1. The molecule has 0 fully saturated rings. The number of benzene rings is 1. The van der Waals surface area contributed by atoms with Crippen molar-refractivity contribution in [2.75, 3.05) is 6.26 Å². The summed E-state index contributed by atoms with van der Waals surface area (Å²) in [7, 11) is -3.69. The molecular formula is C11H14ClNO4S2. The van der Waals surface area contributed by atoms with Crippen molar-refractivity contribution in [2.45, 2.75) is 23.1 Å². The van der Waals surface area contributed by atoms with Gasteiger partial charge in [-0.1, -0.05) is 17.7 Å². The van der Waals surface area contributed by atoms with Gasteiger partial charge in [-0.2, -0.15) is 4.72 Å². The Morgan fingerprint density at radius 3 is 2.74 bits per heavy atom. The third-order valence-corrected chi connectivity index (χ3v) is 5.07. The summed E-state index contributed by atoms with van der Waals surface area (Å²) < 4.78 is 26.6. The Kier molecular flexibility index (Phi) is 6.12. The number of thioether (sulfide) groups is 1. The molecule has 1 aromatic rings. The van der Waals surface area contributed by atoms with Crippen molar-refractivity contribution in [1.29, 1.82) is 0 Å². The van der Waals surface area contributed by atoms with Crippen LogP contribution in [0.2, 0.25) is 5.02 Å². The zero-order valence-corrected chi connectivity index (χ0v) is 12.6. The van der Waals surface area contributed by atoms with Gasteiger partial charge >= 0.3 is 5.97 Å². The molecule has 0 unspecified atom stereocenters. The lowest BCUT2D eigenvalue weighted by molar-refractivity contribution is -0.137. The molecule has 5 nitrogen and oxygen atoms in total. The van der Waals surface area contributed by atoms with Crippen molar-refractivity contribution in [3.63, 3.8) is 0 Å². The SMILES string of the molecule is CS[C@@H](CCC(=O)O)NS(=O)(=O)c1cccc(Cl)c1. The summed E-state index contributed by atoms with van der Waals surface area (Å²) in [5.74, 6) is -0.957. The second kappa shape index (κ2) is 7.14. The van der Waals surface area contributed by atoms with Crippen molar-refractivity contribution in [3.05, 3.63) is 29.3 Å². The molecule has 0 aromatic heterocycles. The van der Waals surface area contributed by atoms with Gasteiger partial charge in [0.25, 0.3) is 0 Å². The van der Waals surface area contributed by atoms with Crippen molar-refractivity contribution in [3.8, 4) is 0 Å². The van der Waals surface area contributed by atoms with Crippen LogP contribution in [0.3, 0.4) is 0 Å². The second-order valence-electron chi connectivity index (χ2n) is 3.74. The fourth-order valence-electron chi connectivity index (χ4n) is 1.35. The predicted octanol–water partition coefficient (Wildman–Crippen LogP) is 2.17. The summed E-state index contributed by atoms with van der Waals surface area (Å²) in [6.45, 7) is 0. The number of hydrogen-bond donors (Lipinski definition) is 2. The van der Waals surface area contributed by atoms with Gasteiger partial charge in [0.1, 0.15) is 0 Å². The molecule has 0 heterocycles. The average molecular weight is 324 g/mol. The quantitative estimate of drug-likeness (QED) is 0.751. The summed E-state index contributed by atoms with van der Waals surface area (Å²) in [5, 5.41) is 8.45. The van der Waals surface area contributed by atoms with Crippen LogP contribution in [0.1, 0.15) is 12.8 Å². The lowest BCUT2D eigenvalue weighted by atomic mass is 10.3. The lowest BCUT2D eigenvalue weighted by Crippen LogP contribution is -2.32. The number of rotatable bonds is 7. The minimum atomic E-state index is -3.69. The summed E-state index contributed by atoms with van der Waals surface area (Å²) in [6, 6.07) is 5.90. The summed E-state index contributed by atoms with van der Waals surface area (Å²) in [6.07, 6.45) is 1.84. The minimum absolute atomic E-state index is 0.0642.